The van der Waals surface area contributed by atoms with Crippen LogP contribution in [0.15, 0.2) is 18.2 Å². The summed E-state index contributed by atoms with van der Waals surface area (Å²) >= 11 is 5.88. The van der Waals surface area contributed by atoms with E-state index in [4.69, 9.17) is 11.6 Å². The minimum absolute atomic E-state index is 0.0665. The Hall–Kier alpha value is -1.33. The van der Waals surface area contributed by atoms with E-state index in [1.54, 1.807) is 12.1 Å². The largest absolute Gasteiger partial charge is 0.336 e. The topological polar surface area (TPSA) is 35.6 Å². The van der Waals surface area contributed by atoms with Gasteiger partial charge in [-0.2, -0.15) is 0 Å². The second-order valence-electron chi connectivity index (χ2n) is 6.04. The number of piperidine rings is 1. The summed E-state index contributed by atoms with van der Waals surface area (Å²) in [5.74, 6) is -0.378. The van der Waals surface area contributed by atoms with E-state index in [2.05, 4.69) is 17.1 Å². The zero-order valence-corrected chi connectivity index (χ0v) is 13.4. The lowest BCUT2D eigenvalue weighted by molar-refractivity contribution is 0.111. The van der Waals surface area contributed by atoms with Crippen molar-refractivity contribution in [2.45, 2.75) is 31.8 Å². The van der Waals surface area contributed by atoms with Crippen molar-refractivity contribution in [3.05, 3.63) is 34.6 Å². The standard InChI is InChI=1S/C16H21ClFN3O/c1-11(12-2-3-15(18)14(17)10-12)20-7-4-13(5-8-20)21-9-6-19-16(21)22/h2-3,10-11,13H,4-9H2,1H3,(H,19,22). The molecule has 0 bridgehead atoms. The first-order valence-corrected chi connectivity index (χ1v) is 8.17. The molecule has 0 radical (unpaired) electrons. The van der Waals surface area contributed by atoms with Gasteiger partial charge in [-0.05, 0) is 37.5 Å². The molecule has 0 spiro atoms. The van der Waals surface area contributed by atoms with Gasteiger partial charge in [0.2, 0.25) is 0 Å². The molecule has 2 saturated heterocycles. The lowest BCUT2D eigenvalue weighted by Crippen LogP contribution is -2.46. The number of amides is 2. The predicted octanol–water partition coefficient (Wildman–Crippen LogP) is 3.03. The van der Waals surface area contributed by atoms with Gasteiger partial charge in [0, 0.05) is 38.3 Å². The second-order valence-corrected chi connectivity index (χ2v) is 6.45. The van der Waals surface area contributed by atoms with Crippen LogP contribution < -0.4 is 5.32 Å². The Labute approximate surface area is 135 Å². The average molecular weight is 326 g/mol. The lowest BCUT2D eigenvalue weighted by Gasteiger charge is -2.39. The quantitative estimate of drug-likeness (QED) is 0.927. The SMILES string of the molecule is CC(c1ccc(F)c(Cl)c1)N1CCC(N2CCNC2=O)CC1. The first-order chi connectivity index (χ1) is 10.6. The fourth-order valence-electron chi connectivity index (χ4n) is 3.40. The maximum atomic E-state index is 13.3. The number of halogens is 2. The summed E-state index contributed by atoms with van der Waals surface area (Å²) in [4.78, 5) is 16.1. The number of urea groups is 1. The highest BCUT2D eigenvalue weighted by atomic mass is 35.5. The molecule has 120 valence electrons. The van der Waals surface area contributed by atoms with Crippen LogP contribution in [0.1, 0.15) is 31.4 Å². The molecule has 0 aliphatic carbocycles. The number of likely N-dealkylation sites (tertiary alicyclic amines) is 1. The Morgan fingerprint density at radius 2 is 2.05 bits per heavy atom. The molecule has 1 unspecified atom stereocenters. The predicted molar refractivity (Wildman–Crippen MR) is 84.5 cm³/mol. The molecule has 3 rings (SSSR count). The van der Waals surface area contributed by atoms with Gasteiger partial charge in [0.25, 0.3) is 0 Å². The molecule has 2 aliphatic rings. The molecule has 1 aromatic carbocycles. The molecule has 2 aliphatic heterocycles. The van der Waals surface area contributed by atoms with Crippen molar-refractivity contribution in [3.8, 4) is 0 Å². The molecular weight excluding hydrogens is 305 g/mol. The van der Waals surface area contributed by atoms with Gasteiger partial charge in [0.1, 0.15) is 5.82 Å². The monoisotopic (exact) mass is 325 g/mol. The Morgan fingerprint density at radius 1 is 1.32 bits per heavy atom. The Morgan fingerprint density at radius 3 is 2.64 bits per heavy atom. The van der Waals surface area contributed by atoms with Crippen LogP contribution in [0.2, 0.25) is 5.02 Å². The van der Waals surface area contributed by atoms with E-state index in [9.17, 15) is 9.18 Å². The molecule has 2 amide bonds. The van der Waals surface area contributed by atoms with E-state index < -0.39 is 0 Å². The summed E-state index contributed by atoms with van der Waals surface area (Å²) < 4.78 is 13.3. The summed E-state index contributed by atoms with van der Waals surface area (Å²) in [6, 6.07) is 5.54. The summed E-state index contributed by atoms with van der Waals surface area (Å²) in [6.45, 7) is 5.55. The van der Waals surface area contributed by atoms with Crippen molar-refractivity contribution in [1.82, 2.24) is 15.1 Å². The Bertz CT molecular complexity index is 560. The van der Waals surface area contributed by atoms with Gasteiger partial charge in [-0.1, -0.05) is 17.7 Å². The van der Waals surface area contributed by atoms with Gasteiger partial charge >= 0.3 is 6.03 Å². The molecule has 1 atom stereocenters. The van der Waals surface area contributed by atoms with E-state index >= 15 is 0 Å². The van der Waals surface area contributed by atoms with Crippen LogP contribution in [-0.2, 0) is 0 Å². The normalized spacial score (nSPS) is 22.0. The highest BCUT2D eigenvalue weighted by molar-refractivity contribution is 6.30. The van der Waals surface area contributed by atoms with Gasteiger partial charge in [-0.25, -0.2) is 9.18 Å². The number of carbonyl (C=O) groups excluding carboxylic acids is 1. The number of carbonyl (C=O) groups is 1. The third-order valence-electron chi connectivity index (χ3n) is 4.80. The van der Waals surface area contributed by atoms with Crippen molar-refractivity contribution in [2.24, 2.45) is 0 Å². The molecule has 2 heterocycles. The van der Waals surface area contributed by atoms with Crippen LogP contribution in [0.25, 0.3) is 0 Å². The molecule has 22 heavy (non-hydrogen) atoms. The van der Waals surface area contributed by atoms with E-state index in [1.165, 1.54) is 6.07 Å². The third kappa shape index (κ3) is 3.06. The van der Waals surface area contributed by atoms with Crippen molar-refractivity contribution < 1.29 is 9.18 Å². The molecule has 0 aromatic heterocycles. The summed E-state index contributed by atoms with van der Waals surface area (Å²) in [7, 11) is 0. The zero-order chi connectivity index (χ0) is 15.7. The highest BCUT2D eigenvalue weighted by Gasteiger charge is 2.32. The smallest absolute Gasteiger partial charge is 0.317 e. The summed E-state index contributed by atoms with van der Waals surface area (Å²) in [5.41, 5.74) is 1.03. The summed E-state index contributed by atoms with van der Waals surface area (Å²) in [5, 5.41) is 3.04. The first kappa shape index (κ1) is 15.6. The van der Waals surface area contributed by atoms with E-state index in [-0.39, 0.29) is 22.9 Å². The number of rotatable bonds is 3. The van der Waals surface area contributed by atoms with Crippen molar-refractivity contribution in [1.29, 1.82) is 0 Å². The molecule has 1 aromatic rings. The highest BCUT2D eigenvalue weighted by Crippen LogP contribution is 2.28. The molecule has 4 nitrogen and oxygen atoms in total. The second kappa shape index (κ2) is 6.42. The van der Waals surface area contributed by atoms with Crippen LogP contribution in [0.3, 0.4) is 0 Å². The fourth-order valence-corrected chi connectivity index (χ4v) is 3.59. The van der Waals surface area contributed by atoms with E-state index in [0.717, 1.165) is 44.6 Å². The van der Waals surface area contributed by atoms with E-state index in [1.807, 2.05) is 4.90 Å². The van der Waals surface area contributed by atoms with Crippen molar-refractivity contribution in [3.63, 3.8) is 0 Å². The number of benzene rings is 1. The van der Waals surface area contributed by atoms with E-state index in [0.29, 0.717) is 6.04 Å². The van der Waals surface area contributed by atoms with Gasteiger partial charge in [0.05, 0.1) is 5.02 Å². The van der Waals surface area contributed by atoms with Gasteiger partial charge in [-0.15, -0.1) is 0 Å². The number of nitrogens with zero attached hydrogens (tertiary/aromatic N) is 2. The number of hydrogen-bond donors (Lipinski definition) is 1. The molecular formula is C16H21ClFN3O. The van der Waals surface area contributed by atoms with Crippen LogP contribution in [0, 0.1) is 5.82 Å². The average Bonchev–Trinajstić information content (AvgIpc) is 2.95. The molecule has 6 heteroatoms. The molecule has 0 saturated carbocycles. The van der Waals surface area contributed by atoms with Gasteiger partial charge in [-0.3, -0.25) is 4.90 Å². The summed E-state index contributed by atoms with van der Waals surface area (Å²) in [6.07, 6.45) is 1.96. The van der Waals surface area contributed by atoms with Crippen LogP contribution in [0.4, 0.5) is 9.18 Å². The maximum Gasteiger partial charge on any atom is 0.317 e. The van der Waals surface area contributed by atoms with Crippen molar-refractivity contribution >= 4 is 17.6 Å². The number of nitrogens with one attached hydrogen (secondary N) is 1. The van der Waals surface area contributed by atoms with Crippen LogP contribution >= 0.6 is 11.6 Å². The minimum atomic E-state index is -0.378. The lowest BCUT2D eigenvalue weighted by atomic mass is 9.99. The zero-order valence-electron chi connectivity index (χ0n) is 12.7. The van der Waals surface area contributed by atoms with Gasteiger partial charge < -0.3 is 10.2 Å². The fraction of sp³-hybridized carbons (Fsp3) is 0.562. The Balaban J connectivity index is 1.60. The molecule has 1 N–H and O–H groups in total. The molecule has 2 fully saturated rings. The third-order valence-corrected chi connectivity index (χ3v) is 5.09. The maximum absolute atomic E-state index is 13.3. The van der Waals surface area contributed by atoms with Gasteiger partial charge in [0.15, 0.2) is 0 Å². The first-order valence-electron chi connectivity index (χ1n) is 7.79. The van der Waals surface area contributed by atoms with Crippen LogP contribution in [0.5, 0.6) is 0 Å². The minimum Gasteiger partial charge on any atom is -0.336 e. The number of hydrogen-bond acceptors (Lipinski definition) is 2. The van der Waals surface area contributed by atoms with Crippen LogP contribution in [-0.4, -0.2) is 48.1 Å². The van der Waals surface area contributed by atoms with Crippen molar-refractivity contribution in [2.75, 3.05) is 26.2 Å². The Kier molecular flexibility index (Phi) is 4.54.